The molecule has 6 heteroatoms. The second-order valence-corrected chi connectivity index (χ2v) is 6.56. The van der Waals surface area contributed by atoms with Crippen molar-refractivity contribution >= 4 is 5.82 Å². The molecule has 0 amide bonds. The number of nitrogens with zero attached hydrogens (tertiary/aromatic N) is 4. The van der Waals surface area contributed by atoms with Crippen LogP contribution in [-0.4, -0.2) is 60.4 Å². The van der Waals surface area contributed by atoms with Crippen molar-refractivity contribution in [1.29, 1.82) is 5.26 Å². The predicted octanol–water partition coefficient (Wildman–Crippen LogP) is 1.82. The standard InChI is InChI=1S/C20H24N4O2/c1-16-4-2-6-19(12-16)26-15-18(25)14-23-8-10-24(11-9-23)20-17(13-21)5-3-7-22-20/h2-7,12,18,25H,8-11,14-15H2,1H3. The van der Waals surface area contributed by atoms with Crippen molar-refractivity contribution in [3.63, 3.8) is 0 Å². The predicted molar refractivity (Wildman–Crippen MR) is 100 cm³/mol. The van der Waals surface area contributed by atoms with E-state index in [0.717, 1.165) is 43.3 Å². The normalized spacial score (nSPS) is 16.1. The van der Waals surface area contributed by atoms with Crippen LogP contribution >= 0.6 is 0 Å². The Morgan fingerprint density at radius 2 is 2.04 bits per heavy atom. The molecule has 0 aliphatic carbocycles. The fraction of sp³-hybridized carbons (Fsp3) is 0.400. The maximum atomic E-state index is 10.3. The smallest absolute Gasteiger partial charge is 0.146 e. The lowest BCUT2D eigenvalue weighted by molar-refractivity contribution is 0.0662. The van der Waals surface area contributed by atoms with Crippen molar-refractivity contribution in [2.75, 3.05) is 44.2 Å². The summed E-state index contributed by atoms with van der Waals surface area (Å²) in [6.45, 7) is 6.09. The summed E-state index contributed by atoms with van der Waals surface area (Å²) in [5.74, 6) is 1.53. The van der Waals surface area contributed by atoms with Crippen LogP contribution in [0.2, 0.25) is 0 Å². The number of nitriles is 1. The lowest BCUT2D eigenvalue weighted by Gasteiger charge is -2.36. The number of piperazine rings is 1. The lowest BCUT2D eigenvalue weighted by Crippen LogP contribution is -2.49. The number of benzene rings is 1. The molecule has 1 aliphatic heterocycles. The average Bonchev–Trinajstić information content (AvgIpc) is 2.67. The molecule has 2 aromatic rings. The number of aliphatic hydroxyl groups is 1. The third kappa shape index (κ3) is 4.72. The first-order valence-corrected chi connectivity index (χ1v) is 8.85. The van der Waals surface area contributed by atoms with Gasteiger partial charge < -0.3 is 14.7 Å². The quantitative estimate of drug-likeness (QED) is 0.855. The summed E-state index contributed by atoms with van der Waals surface area (Å²) in [6.07, 6.45) is 1.18. The zero-order chi connectivity index (χ0) is 18.4. The highest BCUT2D eigenvalue weighted by atomic mass is 16.5. The molecular weight excluding hydrogens is 328 g/mol. The molecular formula is C20H24N4O2. The van der Waals surface area contributed by atoms with E-state index < -0.39 is 6.10 Å². The Morgan fingerprint density at radius 1 is 1.23 bits per heavy atom. The van der Waals surface area contributed by atoms with E-state index in [9.17, 15) is 10.4 Å². The first kappa shape index (κ1) is 18.2. The Kier molecular flexibility index (Phi) is 6.05. The molecule has 0 bridgehead atoms. The molecule has 2 heterocycles. The third-order valence-electron chi connectivity index (χ3n) is 4.48. The SMILES string of the molecule is Cc1cccc(OCC(O)CN2CCN(c3ncccc3C#N)CC2)c1. The number of pyridine rings is 1. The van der Waals surface area contributed by atoms with Gasteiger partial charge in [-0.15, -0.1) is 0 Å². The van der Waals surface area contributed by atoms with E-state index in [1.54, 1.807) is 18.3 Å². The van der Waals surface area contributed by atoms with Crippen LogP contribution in [0.5, 0.6) is 5.75 Å². The molecule has 136 valence electrons. The molecule has 6 nitrogen and oxygen atoms in total. The molecule has 0 saturated carbocycles. The molecule has 1 atom stereocenters. The Hall–Kier alpha value is -2.62. The van der Waals surface area contributed by atoms with Gasteiger partial charge in [0, 0.05) is 38.9 Å². The van der Waals surface area contributed by atoms with Crippen molar-refractivity contribution in [2.24, 2.45) is 0 Å². The molecule has 1 saturated heterocycles. The van der Waals surface area contributed by atoms with Crippen molar-refractivity contribution in [1.82, 2.24) is 9.88 Å². The minimum absolute atomic E-state index is 0.280. The van der Waals surface area contributed by atoms with Gasteiger partial charge in [-0.25, -0.2) is 4.98 Å². The van der Waals surface area contributed by atoms with Crippen LogP contribution in [0.15, 0.2) is 42.6 Å². The van der Waals surface area contributed by atoms with Gasteiger partial charge >= 0.3 is 0 Å². The summed E-state index contributed by atoms with van der Waals surface area (Å²) < 4.78 is 5.68. The topological polar surface area (TPSA) is 72.6 Å². The molecule has 26 heavy (non-hydrogen) atoms. The second kappa shape index (κ2) is 8.65. The summed E-state index contributed by atoms with van der Waals surface area (Å²) in [5.41, 5.74) is 1.74. The molecule has 1 aromatic heterocycles. The molecule has 3 rings (SSSR count). The minimum atomic E-state index is -0.536. The van der Waals surface area contributed by atoms with Crippen LogP contribution in [-0.2, 0) is 0 Å². The number of rotatable bonds is 6. The summed E-state index contributed by atoms with van der Waals surface area (Å²) in [4.78, 5) is 8.69. The number of hydrogen-bond acceptors (Lipinski definition) is 6. The van der Waals surface area contributed by atoms with Gasteiger partial charge in [0.05, 0.1) is 5.56 Å². The number of aliphatic hydroxyl groups excluding tert-OH is 1. The van der Waals surface area contributed by atoms with E-state index in [1.165, 1.54) is 0 Å². The van der Waals surface area contributed by atoms with Gasteiger partial charge in [0.25, 0.3) is 0 Å². The Balaban J connectivity index is 1.45. The average molecular weight is 352 g/mol. The van der Waals surface area contributed by atoms with E-state index in [0.29, 0.717) is 12.1 Å². The lowest BCUT2D eigenvalue weighted by atomic mass is 10.2. The molecule has 1 aromatic carbocycles. The van der Waals surface area contributed by atoms with Crippen LogP contribution in [0.25, 0.3) is 0 Å². The van der Waals surface area contributed by atoms with Gasteiger partial charge in [-0.1, -0.05) is 12.1 Å². The van der Waals surface area contributed by atoms with E-state index in [2.05, 4.69) is 20.9 Å². The Bertz CT molecular complexity index is 766. The number of β-amino-alcohol motifs (C(OH)–C–C–N with tert-alkyl or cyclic N) is 1. The number of ether oxygens (including phenoxy) is 1. The van der Waals surface area contributed by atoms with Gasteiger partial charge in [-0.2, -0.15) is 5.26 Å². The zero-order valence-corrected chi connectivity index (χ0v) is 15.0. The van der Waals surface area contributed by atoms with Gasteiger partial charge in [0.15, 0.2) is 0 Å². The van der Waals surface area contributed by atoms with Gasteiger partial charge in [-0.05, 0) is 36.8 Å². The van der Waals surface area contributed by atoms with Gasteiger partial charge in [-0.3, -0.25) is 4.90 Å². The number of anilines is 1. The Labute approximate surface area is 154 Å². The highest BCUT2D eigenvalue weighted by Gasteiger charge is 2.21. The monoisotopic (exact) mass is 352 g/mol. The molecule has 0 spiro atoms. The number of aryl methyl sites for hydroxylation is 1. The highest BCUT2D eigenvalue weighted by molar-refractivity contribution is 5.53. The maximum Gasteiger partial charge on any atom is 0.146 e. The van der Waals surface area contributed by atoms with Gasteiger partial charge in [0.1, 0.15) is 30.3 Å². The van der Waals surface area contributed by atoms with Crippen molar-refractivity contribution in [2.45, 2.75) is 13.0 Å². The molecule has 1 fully saturated rings. The van der Waals surface area contributed by atoms with Crippen LogP contribution in [0.4, 0.5) is 5.82 Å². The number of aromatic nitrogens is 1. The number of hydrogen-bond donors (Lipinski definition) is 1. The van der Waals surface area contributed by atoms with Crippen molar-refractivity contribution in [3.05, 3.63) is 53.7 Å². The first-order chi connectivity index (χ1) is 12.7. The molecule has 1 aliphatic rings. The molecule has 1 unspecified atom stereocenters. The Morgan fingerprint density at radius 3 is 2.77 bits per heavy atom. The molecule has 0 radical (unpaired) electrons. The van der Waals surface area contributed by atoms with E-state index in [4.69, 9.17) is 4.74 Å². The van der Waals surface area contributed by atoms with Crippen LogP contribution < -0.4 is 9.64 Å². The van der Waals surface area contributed by atoms with E-state index in [-0.39, 0.29) is 6.61 Å². The minimum Gasteiger partial charge on any atom is -0.491 e. The summed E-state index contributed by atoms with van der Waals surface area (Å²) >= 11 is 0. The fourth-order valence-corrected chi connectivity index (χ4v) is 3.13. The van der Waals surface area contributed by atoms with Crippen LogP contribution in [0.1, 0.15) is 11.1 Å². The van der Waals surface area contributed by atoms with Crippen LogP contribution in [0.3, 0.4) is 0 Å². The third-order valence-corrected chi connectivity index (χ3v) is 4.48. The summed E-state index contributed by atoms with van der Waals surface area (Å²) in [7, 11) is 0. The molecule has 1 N–H and O–H groups in total. The fourth-order valence-electron chi connectivity index (χ4n) is 3.13. The highest BCUT2D eigenvalue weighted by Crippen LogP contribution is 2.18. The van der Waals surface area contributed by atoms with Crippen molar-refractivity contribution < 1.29 is 9.84 Å². The van der Waals surface area contributed by atoms with E-state index >= 15 is 0 Å². The largest absolute Gasteiger partial charge is 0.491 e. The van der Waals surface area contributed by atoms with E-state index in [1.807, 2.05) is 31.2 Å². The zero-order valence-electron chi connectivity index (χ0n) is 15.0. The van der Waals surface area contributed by atoms with Crippen molar-refractivity contribution in [3.8, 4) is 11.8 Å². The van der Waals surface area contributed by atoms with Gasteiger partial charge in [0.2, 0.25) is 0 Å². The maximum absolute atomic E-state index is 10.3. The summed E-state index contributed by atoms with van der Waals surface area (Å²) in [6, 6.07) is 13.6. The second-order valence-electron chi connectivity index (χ2n) is 6.56. The summed E-state index contributed by atoms with van der Waals surface area (Å²) in [5, 5.41) is 19.5. The van der Waals surface area contributed by atoms with Crippen LogP contribution in [0, 0.1) is 18.3 Å². The first-order valence-electron chi connectivity index (χ1n) is 8.85.